The Morgan fingerprint density at radius 3 is 2.80 bits per heavy atom. The lowest BCUT2D eigenvalue weighted by Crippen LogP contribution is -2.48. The first-order chi connectivity index (χ1) is 9.69. The van der Waals surface area contributed by atoms with E-state index in [2.05, 4.69) is 4.90 Å². The quantitative estimate of drug-likeness (QED) is 0.748. The SMILES string of the molecule is COCCC1(CO)CCCN(CCN2CCCC2=O)C1. The van der Waals surface area contributed by atoms with E-state index in [0.717, 1.165) is 58.4 Å². The first-order valence-corrected chi connectivity index (χ1v) is 7.79. The maximum atomic E-state index is 11.6. The van der Waals surface area contributed by atoms with Gasteiger partial charge in [0.25, 0.3) is 0 Å². The van der Waals surface area contributed by atoms with Gasteiger partial charge in [0.2, 0.25) is 5.91 Å². The van der Waals surface area contributed by atoms with E-state index in [0.29, 0.717) is 18.9 Å². The van der Waals surface area contributed by atoms with Gasteiger partial charge in [-0.3, -0.25) is 4.79 Å². The van der Waals surface area contributed by atoms with E-state index >= 15 is 0 Å². The highest BCUT2D eigenvalue weighted by molar-refractivity contribution is 5.78. The molecule has 0 bridgehead atoms. The average Bonchev–Trinajstić information content (AvgIpc) is 2.89. The summed E-state index contributed by atoms with van der Waals surface area (Å²) in [6.07, 6.45) is 4.84. The molecule has 0 aromatic rings. The molecule has 20 heavy (non-hydrogen) atoms. The number of nitrogens with zero attached hydrogens (tertiary/aromatic N) is 2. The predicted octanol–water partition coefficient (Wildman–Crippen LogP) is 0.720. The first kappa shape index (κ1) is 15.7. The van der Waals surface area contributed by atoms with E-state index in [9.17, 15) is 9.90 Å². The third-order valence-corrected chi connectivity index (χ3v) is 4.77. The second kappa shape index (κ2) is 7.38. The van der Waals surface area contributed by atoms with Crippen LogP contribution in [0.25, 0.3) is 0 Å². The van der Waals surface area contributed by atoms with Gasteiger partial charge in [-0.1, -0.05) is 0 Å². The summed E-state index contributed by atoms with van der Waals surface area (Å²) in [5, 5.41) is 9.76. The largest absolute Gasteiger partial charge is 0.396 e. The third kappa shape index (κ3) is 3.93. The topological polar surface area (TPSA) is 53.0 Å². The van der Waals surface area contributed by atoms with Crippen molar-refractivity contribution in [2.75, 3.05) is 53.0 Å². The number of carbonyl (C=O) groups is 1. The van der Waals surface area contributed by atoms with Crippen LogP contribution in [0, 0.1) is 5.41 Å². The summed E-state index contributed by atoms with van der Waals surface area (Å²) in [6, 6.07) is 0. The van der Waals surface area contributed by atoms with Crippen molar-refractivity contribution in [1.29, 1.82) is 0 Å². The molecule has 2 heterocycles. The van der Waals surface area contributed by atoms with Crippen LogP contribution in [0.3, 0.4) is 0 Å². The normalized spacial score (nSPS) is 28.3. The molecule has 2 saturated heterocycles. The fraction of sp³-hybridized carbons (Fsp3) is 0.933. The minimum Gasteiger partial charge on any atom is -0.396 e. The summed E-state index contributed by atoms with van der Waals surface area (Å²) in [7, 11) is 1.71. The molecule has 0 spiro atoms. The van der Waals surface area contributed by atoms with Gasteiger partial charge in [-0.2, -0.15) is 0 Å². The second-order valence-corrected chi connectivity index (χ2v) is 6.26. The number of aliphatic hydroxyl groups excluding tert-OH is 1. The molecule has 1 unspecified atom stereocenters. The van der Waals surface area contributed by atoms with Crippen molar-refractivity contribution < 1.29 is 14.6 Å². The second-order valence-electron chi connectivity index (χ2n) is 6.26. The maximum absolute atomic E-state index is 11.6. The van der Waals surface area contributed by atoms with Crippen molar-refractivity contribution in [2.45, 2.75) is 32.1 Å². The smallest absolute Gasteiger partial charge is 0.222 e. The molecule has 0 saturated carbocycles. The number of amides is 1. The van der Waals surface area contributed by atoms with Crippen molar-refractivity contribution in [3.05, 3.63) is 0 Å². The van der Waals surface area contributed by atoms with E-state index in [1.807, 2.05) is 4.90 Å². The van der Waals surface area contributed by atoms with Crippen LogP contribution in [0.1, 0.15) is 32.1 Å². The van der Waals surface area contributed by atoms with E-state index in [4.69, 9.17) is 4.74 Å². The molecular formula is C15H28N2O3. The number of carbonyl (C=O) groups excluding carboxylic acids is 1. The van der Waals surface area contributed by atoms with Gasteiger partial charge >= 0.3 is 0 Å². The molecule has 0 aromatic heterocycles. The van der Waals surface area contributed by atoms with Gasteiger partial charge in [0.1, 0.15) is 0 Å². The number of methoxy groups -OCH3 is 1. The lowest BCUT2D eigenvalue weighted by atomic mass is 9.78. The van der Waals surface area contributed by atoms with Crippen LogP contribution in [0.4, 0.5) is 0 Å². The lowest BCUT2D eigenvalue weighted by molar-refractivity contribution is -0.128. The molecule has 2 fully saturated rings. The number of piperidine rings is 1. The minimum absolute atomic E-state index is 0.0106. The highest BCUT2D eigenvalue weighted by Gasteiger charge is 2.34. The molecule has 1 amide bonds. The highest BCUT2D eigenvalue weighted by Crippen LogP contribution is 2.33. The Bertz CT molecular complexity index is 324. The van der Waals surface area contributed by atoms with E-state index in [1.54, 1.807) is 7.11 Å². The van der Waals surface area contributed by atoms with E-state index in [1.165, 1.54) is 0 Å². The fourth-order valence-corrected chi connectivity index (χ4v) is 3.43. The first-order valence-electron chi connectivity index (χ1n) is 7.79. The summed E-state index contributed by atoms with van der Waals surface area (Å²) in [6.45, 7) is 5.63. The Kier molecular flexibility index (Phi) is 5.81. The van der Waals surface area contributed by atoms with Crippen molar-refractivity contribution in [3.8, 4) is 0 Å². The van der Waals surface area contributed by atoms with Crippen LogP contribution in [-0.4, -0.2) is 73.9 Å². The number of hydrogen-bond acceptors (Lipinski definition) is 4. The van der Waals surface area contributed by atoms with Crippen LogP contribution in [-0.2, 0) is 9.53 Å². The Balaban J connectivity index is 1.81. The molecule has 0 radical (unpaired) electrons. The molecule has 1 N–H and O–H groups in total. The zero-order valence-electron chi connectivity index (χ0n) is 12.6. The Morgan fingerprint density at radius 1 is 1.30 bits per heavy atom. The van der Waals surface area contributed by atoms with Crippen LogP contribution in [0.5, 0.6) is 0 Å². The van der Waals surface area contributed by atoms with Gasteiger partial charge < -0.3 is 19.6 Å². The zero-order valence-corrected chi connectivity index (χ0v) is 12.6. The molecule has 1 atom stereocenters. The molecule has 2 aliphatic heterocycles. The molecule has 5 nitrogen and oxygen atoms in total. The molecular weight excluding hydrogens is 256 g/mol. The van der Waals surface area contributed by atoms with Gasteiger partial charge in [0, 0.05) is 51.7 Å². The van der Waals surface area contributed by atoms with Crippen LogP contribution in [0.2, 0.25) is 0 Å². The van der Waals surface area contributed by atoms with Gasteiger partial charge in [-0.05, 0) is 32.2 Å². The molecule has 0 aromatic carbocycles. The Labute approximate surface area is 121 Å². The Morgan fingerprint density at radius 2 is 2.15 bits per heavy atom. The summed E-state index contributed by atoms with van der Waals surface area (Å²) in [4.78, 5) is 16.0. The lowest BCUT2D eigenvalue weighted by Gasteiger charge is -2.42. The molecule has 0 aliphatic carbocycles. The summed E-state index contributed by atoms with van der Waals surface area (Å²) >= 11 is 0. The summed E-state index contributed by atoms with van der Waals surface area (Å²) in [5.74, 6) is 0.301. The standard InChI is InChI=1S/C15H28N2O3/c1-20-11-6-15(13-18)5-3-7-16(12-15)9-10-17-8-2-4-14(17)19/h18H,2-13H2,1H3. The predicted molar refractivity (Wildman–Crippen MR) is 77.5 cm³/mol. The van der Waals surface area contributed by atoms with E-state index < -0.39 is 0 Å². The summed E-state index contributed by atoms with van der Waals surface area (Å²) < 4.78 is 5.18. The van der Waals surface area contributed by atoms with Crippen molar-refractivity contribution in [2.24, 2.45) is 5.41 Å². The Hall–Kier alpha value is -0.650. The maximum Gasteiger partial charge on any atom is 0.222 e. The van der Waals surface area contributed by atoms with Crippen LogP contribution < -0.4 is 0 Å². The van der Waals surface area contributed by atoms with Gasteiger partial charge in [0.05, 0.1) is 6.61 Å². The summed E-state index contributed by atoms with van der Waals surface area (Å²) in [5.41, 5.74) is -0.0106. The molecule has 2 rings (SSSR count). The number of likely N-dealkylation sites (tertiary alicyclic amines) is 2. The molecule has 2 aliphatic rings. The monoisotopic (exact) mass is 284 g/mol. The molecule has 5 heteroatoms. The minimum atomic E-state index is -0.0106. The van der Waals surface area contributed by atoms with Crippen molar-refractivity contribution >= 4 is 5.91 Å². The fourth-order valence-electron chi connectivity index (χ4n) is 3.43. The number of rotatable bonds is 7. The van der Waals surface area contributed by atoms with Crippen LogP contribution >= 0.6 is 0 Å². The molecule has 116 valence electrons. The van der Waals surface area contributed by atoms with Gasteiger partial charge in [-0.25, -0.2) is 0 Å². The number of hydrogen-bond donors (Lipinski definition) is 1. The third-order valence-electron chi connectivity index (χ3n) is 4.77. The van der Waals surface area contributed by atoms with Gasteiger partial charge in [0.15, 0.2) is 0 Å². The van der Waals surface area contributed by atoms with Crippen molar-refractivity contribution in [1.82, 2.24) is 9.80 Å². The van der Waals surface area contributed by atoms with E-state index in [-0.39, 0.29) is 12.0 Å². The van der Waals surface area contributed by atoms with Crippen LogP contribution in [0.15, 0.2) is 0 Å². The number of aliphatic hydroxyl groups is 1. The van der Waals surface area contributed by atoms with Crippen molar-refractivity contribution in [3.63, 3.8) is 0 Å². The highest BCUT2D eigenvalue weighted by atomic mass is 16.5. The van der Waals surface area contributed by atoms with Gasteiger partial charge in [-0.15, -0.1) is 0 Å². The number of ether oxygens (including phenoxy) is 1. The zero-order chi connectivity index (χ0) is 14.4. The average molecular weight is 284 g/mol.